The van der Waals surface area contributed by atoms with Gasteiger partial charge in [-0.15, -0.1) is 0 Å². The van der Waals surface area contributed by atoms with E-state index in [0.717, 1.165) is 41.7 Å². The Bertz CT molecular complexity index is 1260. The van der Waals surface area contributed by atoms with Gasteiger partial charge in [0.2, 0.25) is 0 Å². The van der Waals surface area contributed by atoms with Crippen LogP contribution in [-0.4, -0.2) is 46.9 Å². The molecule has 1 saturated heterocycles. The number of hydrogen-bond donors (Lipinski definition) is 2. The highest BCUT2D eigenvalue weighted by atomic mass is 19.1. The van der Waals surface area contributed by atoms with Crippen molar-refractivity contribution in [2.24, 2.45) is 10.7 Å². The maximum absolute atomic E-state index is 15.2. The molecule has 8 heteroatoms. The van der Waals surface area contributed by atoms with Gasteiger partial charge in [-0.3, -0.25) is 4.99 Å². The van der Waals surface area contributed by atoms with Gasteiger partial charge in [0.15, 0.2) is 11.6 Å². The minimum atomic E-state index is -0.340. The Morgan fingerprint density at radius 3 is 2.88 bits per heavy atom. The third-order valence-corrected chi connectivity index (χ3v) is 6.22. The number of nitrogens with two attached hydrogens (primary N) is 1. The number of anilines is 1. The van der Waals surface area contributed by atoms with Crippen LogP contribution in [-0.2, 0) is 6.54 Å². The molecule has 7 nitrogen and oxygen atoms in total. The van der Waals surface area contributed by atoms with Crippen molar-refractivity contribution in [2.45, 2.75) is 39.3 Å². The Labute approximate surface area is 199 Å². The molecule has 0 amide bonds. The number of pyridine rings is 1. The summed E-state index contributed by atoms with van der Waals surface area (Å²) in [4.78, 5) is 15.6. The fourth-order valence-electron chi connectivity index (χ4n) is 4.34. The number of hydrogen-bond acceptors (Lipinski definition) is 6. The molecule has 0 aliphatic carbocycles. The van der Waals surface area contributed by atoms with Gasteiger partial charge in [-0.1, -0.05) is 12.6 Å². The van der Waals surface area contributed by atoms with Crippen molar-refractivity contribution in [2.75, 3.05) is 25.0 Å². The second-order valence-corrected chi connectivity index (χ2v) is 8.56. The third kappa shape index (κ3) is 4.66. The molecule has 2 aromatic heterocycles. The summed E-state index contributed by atoms with van der Waals surface area (Å²) in [6.07, 6.45) is 7.29. The van der Waals surface area contributed by atoms with Gasteiger partial charge in [0.05, 0.1) is 17.6 Å². The van der Waals surface area contributed by atoms with Crippen LogP contribution in [0.25, 0.3) is 28.1 Å². The van der Waals surface area contributed by atoms with Crippen molar-refractivity contribution in [3.63, 3.8) is 0 Å². The highest BCUT2D eigenvalue weighted by Gasteiger charge is 2.25. The predicted molar refractivity (Wildman–Crippen MR) is 138 cm³/mol. The first-order valence-electron chi connectivity index (χ1n) is 11.7. The zero-order chi connectivity index (χ0) is 24.2. The van der Waals surface area contributed by atoms with Gasteiger partial charge in [0.25, 0.3) is 0 Å². The van der Waals surface area contributed by atoms with E-state index in [4.69, 9.17) is 10.7 Å². The number of fused-ring (bicyclic) bond motifs is 1. The van der Waals surface area contributed by atoms with Gasteiger partial charge in [-0.25, -0.2) is 14.4 Å². The SMILES string of the molecule is C=C(NC)c1ccc2c(c1)nc(-c1cnc(N3CCCC3C)c(F)c1)n2CC(N)=CC=NCC. The van der Waals surface area contributed by atoms with E-state index in [2.05, 4.69) is 28.8 Å². The highest BCUT2D eigenvalue weighted by Crippen LogP contribution is 2.31. The first-order chi connectivity index (χ1) is 16.4. The zero-order valence-electron chi connectivity index (χ0n) is 20.1. The van der Waals surface area contributed by atoms with Crippen molar-refractivity contribution in [1.29, 1.82) is 0 Å². The average molecular weight is 462 g/mol. The lowest BCUT2D eigenvalue weighted by Crippen LogP contribution is -2.28. The summed E-state index contributed by atoms with van der Waals surface area (Å²) in [5, 5.41) is 3.07. The molecule has 0 saturated carbocycles. The van der Waals surface area contributed by atoms with Crippen LogP contribution in [0, 0.1) is 5.82 Å². The molecule has 0 bridgehead atoms. The Kier molecular flexibility index (Phi) is 6.95. The second kappa shape index (κ2) is 10.1. The third-order valence-electron chi connectivity index (χ3n) is 6.22. The van der Waals surface area contributed by atoms with Gasteiger partial charge in [-0.05, 0) is 56.5 Å². The maximum Gasteiger partial charge on any atom is 0.166 e. The Balaban J connectivity index is 1.80. The van der Waals surface area contributed by atoms with Gasteiger partial charge in [0.1, 0.15) is 5.82 Å². The van der Waals surface area contributed by atoms with E-state index >= 15 is 4.39 Å². The number of halogens is 1. The molecule has 1 fully saturated rings. The highest BCUT2D eigenvalue weighted by molar-refractivity contribution is 5.84. The number of imidazole rings is 1. The van der Waals surface area contributed by atoms with E-state index in [1.165, 1.54) is 6.07 Å². The summed E-state index contributed by atoms with van der Waals surface area (Å²) in [5.41, 5.74) is 10.9. The molecule has 0 spiro atoms. The summed E-state index contributed by atoms with van der Waals surface area (Å²) < 4.78 is 17.2. The summed E-state index contributed by atoms with van der Waals surface area (Å²) >= 11 is 0. The standard InChI is InChI=1S/C26H32FN7/c1-5-30-11-10-21(28)16-34-24-9-8-19(18(3)29-4)14-23(24)32-25(34)20-13-22(27)26(31-15-20)33-12-6-7-17(33)2/h8-11,13-15,17,29H,3,5-7,12,16,28H2,1-2,4H3. The van der Waals surface area contributed by atoms with Crippen LogP contribution in [0.1, 0.15) is 32.3 Å². The molecule has 1 atom stereocenters. The van der Waals surface area contributed by atoms with Gasteiger partial charge in [0, 0.05) is 55.5 Å². The van der Waals surface area contributed by atoms with Gasteiger partial charge >= 0.3 is 0 Å². The second-order valence-electron chi connectivity index (χ2n) is 8.56. The van der Waals surface area contributed by atoms with Gasteiger partial charge in [-0.2, -0.15) is 0 Å². The summed E-state index contributed by atoms with van der Waals surface area (Å²) in [6.45, 7) is 10.0. The number of rotatable bonds is 8. The predicted octanol–water partition coefficient (Wildman–Crippen LogP) is 4.35. The van der Waals surface area contributed by atoms with Crippen LogP contribution in [0.4, 0.5) is 10.2 Å². The average Bonchev–Trinajstić information content (AvgIpc) is 3.41. The van der Waals surface area contributed by atoms with Crippen LogP contribution in [0.3, 0.4) is 0 Å². The van der Waals surface area contributed by atoms with E-state index < -0.39 is 0 Å². The first kappa shape index (κ1) is 23.5. The fourth-order valence-corrected chi connectivity index (χ4v) is 4.34. The lowest BCUT2D eigenvalue weighted by Gasteiger charge is -2.23. The van der Waals surface area contributed by atoms with E-state index in [0.29, 0.717) is 36.0 Å². The maximum atomic E-state index is 15.2. The minimum Gasteiger partial charge on any atom is -0.401 e. The summed E-state index contributed by atoms with van der Waals surface area (Å²) in [7, 11) is 1.83. The van der Waals surface area contributed by atoms with Crippen LogP contribution in [0.2, 0.25) is 0 Å². The lowest BCUT2D eigenvalue weighted by molar-refractivity contribution is 0.605. The van der Waals surface area contributed by atoms with E-state index in [1.807, 2.05) is 41.6 Å². The number of benzene rings is 1. The van der Waals surface area contributed by atoms with Gasteiger partial charge < -0.3 is 20.5 Å². The van der Waals surface area contributed by atoms with Crippen molar-refractivity contribution in [1.82, 2.24) is 19.9 Å². The Morgan fingerprint density at radius 1 is 1.38 bits per heavy atom. The molecule has 1 unspecified atom stereocenters. The molecule has 4 rings (SSSR count). The number of allylic oxidation sites excluding steroid dienone is 2. The molecule has 3 aromatic rings. The van der Waals surface area contributed by atoms with Crippen LogP contribution in [0.15, 0.2) is 53.8 Å². The molecule has 1 aliphatic heterocycles. The molecule has 1 aromatic carbocycles. The monoisotopic (exact) mass is 461 g/mol. The molecular formula is C26H32FN7. The van der Waals surface area contributed by atoms with Crippen LogP contribution < -0.4 is 16.0 Å². The molecule has 1 aliphatic rings. The number of aromatic nitrogens is 3. The number of aliphatic imine (C=N–C) groups is 1. The lowest BCUT2D eigenvalue weighted by atomic mass is 10.1. The van der Waals surface area contributed by atoms with E-state index in [-0.39, 0.29) is 11.9 Å². The molecular weight excluding hydrogens is 429 g/mol. The smallest absolute Gasteiger partial charge is 0.166 e. The van der Waals surface area contributed by atoms with Crippen molar-refractivity contribution in [3.8, 4) is 11.4 Å². The fraction of sp³-hybridized carbons (Fsp3) is 0.346. The quantitative estimate of drug-likeness (QED) is 0.487. The Hall–Kier alpha value is -3.68. The van der Waals surface area contributed by atoms with Crippen molar-refractivity contribution >= 4 is 28.8 Å². The Morgan fingerprint density at radius 2 is 2.21 bits per heavy atom. The molecule has 0 radical (unpaired) electrons. The van der Waals surface area contributed by atoms with Crippen molar-refractivity contribution < 1.29 is 4.39 Å². The normalized spacial score (nSPS) is 16.6. The first-order valence-corrected chi connectivity index (χ1v) is 11.7. The number of nitrogens with zero attached hydrogens (tertiary/aromatic N) is 5. The minimum absolute atomic E-state index is 0.283. The largest absolute Gasteiger partial charge is 0.401 e. The summed E-state index contributed by atoms with van der Waals surface area (Å²) in [6, 6.07) is 7.75. The van der Waals surface area contributed by atoms with Crippen LogP contribution >= 0.6 is 0 Å². The van der Waals surface area contributed by atoms with E-state index in [9.17, 15) is 0 Å². The van der Waals surface area contributed by atoms with Crippen LogP contribution in [0.5, 0.6) is 0 Å². The molecule has 3 N–H and O–H groups in total. The zero-order valence-corrected chi connectivity index (χ0v) is 20.1. The van der Waals surface area contributed by atoms with E-state index in [1.54, 1.807) is 18.5 Å². The topological polar surface area (TPSA) is 84.4 Å². The molecule has 34 heavy (non-hydrogen) atoms. The molecule has 3 heterocycles. The summed E-state index contributed by atoms with van der Waals surface area (Å²) in [5.74, 6) is 0.672. The number of nitrogens with one attached hydrogen (secondary N) is 1. The van der Waals surface area contributed by atoms with Crippen molar-refractivity contribution in [3.05, 3.63) is 60.2 Å². The molecule has 178 valence electrons.